The summed E-state index contributed by atoms with van der Waals surface area (Å²) in [6, 6.07) is 97.1. The topological polar surface area (TPSA) is 80.0 Å². The molecule has 0 atom stereocenters. The Morgan fingerprint density at radius 1 is 0.239 bits per heavy atom. The standard InChI is InChI=1S/C80H45N5O3/c1-7-25-67-53(19-1)59-36-39-62-56-22-4-10-28-70(56)86-77(62)74(59)83(67)50-34-31-46(32-35-50)80-81-66-42-33-48(47-15-13-17-51(43-47)84-68-26-8-2-20-54(68)60-37-40-63-57-23-5-11-29-71(57)87-78(63)75(60)84)45-65(66)73(82-80)49-16-14-18-52(44-49)85-69-27-9-3-21-55(69)61-38-41-64-58-24-6-12-30-72(58)88-79(64)76(61)85/h1-45H. The molecule has 0 saturated heterocycles. The van der Waals surface area contributed by atoms with Gasteiger partial charge in [0.25, 0.3) is 0 Å². The summed E-state index contributed by atoms with van der Waals surface area (Å²) in [5, 5.41) is 14.4. The quantitative estimate of drug-likeness (QED) is 0.166. The fourth-order valence-electron chi connectivity index (χ4n) is 14.5. The van der Waals surface area contributed by atoms with Crippen molar-refractivity contribution in [3.8, 4) is 50.8 Å². The van der Waals surface area contributed by atoms with Crippen molar-refractivity contribution in [3.63, 3.8) is 0 Å². The second-order valence-electron chi connectivity index (χ2n) is 23.1. The molecular formula is C80H45N5O3. The van der Waals surface area contributed by atoms with Crippen molar-refractivity contribution in [3.05, 3.63) is 273 Å². The van der Waals surface area contributed by atoms with Crippen LogP contribution in [0, 0.1) is 0 Å². The van der Waals surface area contributed by atoms with E-state index in [4.69, 9.17) is 23.2 Å². The molecule has 0 amide bonds. The summed E-state index contributed by atoms with van der Waals surface area (Å²) < 4.78 is 27.3. The number of benzene rings is 13. The monoisotopic (exact) mass is 1120 g/mol. The molecule has 0 aliphatic carbocycles. The summed E-state index contributed by atoms with van der Waals surface area (Å²) >= 11 is 0. The van der Waals surface area contributed by atoms with Gasteiger partial charge < -0.3 is 27.0 Å². The highest BCUT2D eigenvalue weighted by Crippen LogP contribution is 2.45. The summed E-state index contributed by atoms with van der Waals surface area (Å²) in [6.45, 7) is 0. The minimum Gasteiger partial charge on any atom is -0.454 e. The van der Waals surface area contributed by atoms with E-state index < -0.39 is 0 Å². The molecule has 7 heterocycles. The zero-order chi connectivity index (χ0) is 57.3. The molecule has 8 heteroatoms. The van der Waals surface area contributed by atoms with E-state index in [1.807, 2.05) is 24.3 Å². The normalized spacial score (nSPS) is 12.3. The van der Waals surface area contributed by atoms with Gasteiger partial charge in [0.05, 0.1) is 44.3 Å². The van der Waals surface area contributed by atoms with E-state index in [2.05, 4.69) is 262 Å². The van der Waals surface area contributed by atoms with E-state index in [0.29, 0.717) is 5.82 Å². The van der Waals surface area contributed by atoms with Gasteiger partial charge in [-0.05, 0) is 126 Å². The predicted molar refractivity (Wildman–Crippen MR) is 361 cm³/mol. The van der Waals surface area contributed by atoms with Crippen LogP contribution in [-0.2, 0) is 0 Å². The van der Waals surface area contributed by atoms with Gasteiger partial charge in [-0.25, -0.2) is 9.97 Å². The second kappa shape index (κ2) is 17.8. The first-order valence-electron chi connectivity index (χ1n) is 29.8. The third-order valence-corrected chi connectivity index (χ3v) is 18.4. The molecule has 7 aromatic heterocycles. The molecule has 20 aromatic rings. The minimum atomic E-state index is 0.625. The van der Waals surface area contributed by atoms with Crippen molar-refractivity contribution >= 4 is 142 Å². The van der Waals surface area contributed by atoms with E-state index in [1.54, 1.807) is 0 Å². The molecule has 408 valence electrons. The lowest BCUT2D eigenvalue weighted by Crippen LogP contribution is -1.99. The van der Waals surface area contributed by atoms with E-state index >= 15 is 0 Å². The molecule has 0 N–H and O–H groups in total. The molecule has 0 fully saturated rings. The van der Waals surface area contributed by atoms with E-state index in [9.17, 15) is 0 Å². The zero-order valence-corrected chi connectivity index (χ0v) is 46.9. The molecule has 20 rings (SSSR count). The van der Waals surface area contributed by atoms with Gasteiger partial charge in [0.2, 0.25) is 0 Å². The molecule has 0 aliphatic heterocycles. The summed E-state index contributed by atoms with van der Waals surface area (Å²) in [4.78, 5) is 11.1. The van der Waals surface area contributed by atoms with Crippen LogP contribution in [0.2, 0.25) is 0 Å². The average molecular weight is 1120 g/mol. The third kappa shape index (κ3) is 6.62. The third-order valence-electron chi connectivity index (χ3n) is 18.4. The van der Waals surface area contributed by atoms with Crippen LogP contribution in [0.4, 0.5) is 0 Å². The molecule has 0 radical (unpaired) electrons. The summed E-state index contributed by atoms with van der Waals surface area (Å²) in [5.41, 5.74) is 20.3. The maximum absolute atomic E-state index is 6.81. The largest absolute Gasteiger partial charge is 0.454 e. The molecule has 0 bridgehead atoms. The lowest BCUT2D eigenvalue weighted by molar-refractivity contribution is 0.670. The molecule has 0 saturated carbocycles. The number of hydrogen-bond donors (Lipinski definition) is 0. The lowest BCUT2D eigenvalue weighted by Gasteiger charge is -2.15. The SMILES string of the molecule is c1cc(-c2ccc3nc(-c4ccc(-n5c6ccccc6c6ccc7c8ccccc8oc7c65)cc4)nc(-c4cccc(-n5c6ccccc6c6ccc7c8ccccc8oc7c65)c4)c3c2)cc(-n2c3ccccc3c3ccc4c5ccccc5oc4c32)c1. The van der Waals surface area contributed by atoms with Gasteiger partial charge in [-0.3, -0.25) is 0 Å². The first-order chi connectivity index (χ1) is 43.6. The summed E-state index contributed by atoms with van der Waals surface area (Å²) in [7, 11) is 0. The molecule has 0 unspecified atom stereocenters. The van der Waals surface area contributed by atoms with Crippen LogP contribution in [0.1, 0.15) is 0 Å². The predicted octanol–water partition coefficient (Wildman–Crippen LogP) is 21.6. The molecule has 13 aromatic carbocycles. The van der Waals surface area contributed by atoms with Gasteiger partial charge in [-0.2, -0.15) is 0 Å². The highest BCUT2D eigenvalue weighted by molar-refractivity contribution is 6.24. The second-order valence-corrected chi connectivity index (χ2v) is 23.1. The summed E-state index contributed by atoms with van der Waals surface area (Å²) in [6.07, 6.45) is 0. The Labute approximate surface area is 500 Å². The Morgan fingerprint density at radius 2 is 0.625 bits per heavy atom. The summed E-state index contributed by atoms with van der Waals surface area (Å²) in [5.74, 6) is 0.625. The van der Waals surface area contributed by atoms with Crippen LogP contribution < -0.4 is 0 Å². The minimum absolute atomic E-state index is 0.625. The lowest BCUT2D eigenvalue weighted by atomic mass is 9.99. The van der Waals surface area contributed by atoms with Crippen molar-refractivity contribution in [2.75, 3.05) is 0 Å². The number of aromatic nitrogens is 5. The van der Waals surface area contributed by atoms with Gasteiger partial charge in [-0.1, -0.05) is 158 Å². The molecule has 0 aliphatic rings. The van der Waals surface area contributed by atoms with Gasteiger partial charge in [0.15, 0.2) is 22.6 Å². The Kier molecular flexibility index (Phi) is 9.57. The highest BCUT2D eigenvalue weighted by atomic mass is 16.3. The smallest absolute Gasteiger partial charge is 0.160 e. The number of furan rings is 3. The van der Waals surface area contributed by atoms with Crippen LogP contribution in [0.15, 0.2) is 286 Å². The van der Waals surface area contributed by atoms with E-state index in [1.165, 1.54) is 10.8 Å². The molecule has 88 heavy (non-hydrogen) atoms. The van der Waals surface area contributed by atoms with E-state index in [0.717, 1.165) is 176 Å². The molecular weight excluding hydrogens is 1080 g/mol. The Morgan fingerprint density at radius 3 is 1.11 bits per heavy atom. The van der Waals surface area contributed by atoms with Crippen molar-refractivity contribution < 1.29 is 13.3 Å². The highest BCUT2D eigenvalue weighted by Gasteiger charge is 2.24. The van der Waals surface area contributed by atoms with Gasteiger partial charge in [0, 0.05) is 98.2 Å². The van der Waals surface area contributed by atoms with E-state index in [-0.39, 0.29) is 0 Å². The van der Waals surface area contributed by atoms with Crippen LogP contribution in [0.25, 0.3) is 193 Å². The Bertz CT molecular complexity index is 6380. The van der Waals surface area contributed by atoms with Crippen molar-refractivity contribution in [2.45, 2.75) is 0 Å². The van der Waals surface area contributed by atoms with Crippen molar-refractivity contribution in [1.29, 1.82) is 0 Å². The maximum Gasteiger partial charge on any atom is 0.160 e. The van der Waals surface area contributed by atoms with Crippen LogP contribution in [0.3, 0.4) is 0 Å². The van der Waals surface area contributed by atoms with Gasteiger partial charge >= 0.3 is 0 Å². The first-order valence-corrected chi connectivity index (χ1v) is 29.8. The van der Waals surface area contributed by atoms with Crippen LogP contribution >= 0.6 is 0 Å². The van der Waals surface area contributed by atoms with Gasteiger partial charge in [0.1, 0.15) is 16.7 Å². The van der Waals surface area contributed by atoms with Crippen molar-refractivity contribution in [2.24, 2.45) is 0 Å². The van der Waals surface area contributed by atoms with Gasteiger partial charge in [-0.15, -0.1) is 0 Å². The first kappa shape index (κ1) is 47.4. The fraction of sp³-hybridized carbons (Fsp3) is 0. The number of hydrogen-bond acceptors (Lipinski definition) is 5. The Hall–Kier alpha value is -12.0. The van der Waals surface area contributed by atoms with Crippen molar-refractivity contribution in [1.82, 2.24) is 23.7 Å². The Balaban J connectivity index is 0.783. The zero-order valence-electron chi connectivity index (χ0n) is 46.9. The van der Waals surface area contributed by atoms with Crippen LogP contribution in [0.5, 0.6) is 0 Å². The van der Waals surface area contributed by atoms with Crippen LogP contribution in [-0.4, -0.2) is 23.7 Å². The number of para-hydroxylation sites is 6. The number of nitrogens with zero attached hydrogens (tertiary/aromatic N) is 5. The number of rotatable bonds is 6. The fourth-order valence-corrected chi connectivity index (χ4v) is 14.5. The maximum atomic E-state index is 6.81. The molecule has 8 nitrogen and oxygen atoms in total. The molecule has 0 spiro atoms. The number of fused-ring (bicyclic) bond motifs is 22. The average Bonchev–Trinajstić information content (AvgIpc) is 1.75.